The molecule has 1 aliphatic heterocycles. The quantitative estimate of drug-likeness (QED) is 0.165. The maximum absolute atomic E-state index is 9.90. The summed E-state index contributed by atoms with van der Waals surface area (Å²) in [7, 11) is 7.36. The average Bonchev–Trinajstić information content (AvgIpc) is 3.28. The van der Waals surface area contributed by atoms with Crippen molar-refractivity contribution < 1.29 is 18.7 Å². The zero-order valence-electron chi connectivity index (χ0n) is 22.6. The highest BCUT2D eigenvalue weighted by Crippen LogP contribution is 2.31. The van der Waals surface area contributed by atoms with E-state index in [4.69, 9.17) is 13.6 Å². The van der Waals surface area contributed by atoms with Gasteiger partial charge in [0.25, 0.3) is 0 Å². The molecule has 0 bridgehead atoms. The number of hydrogen-bond acceptors (Lipinski definition) is 6. The summed E-state index contributed by atoms with van der Waals surface area (Å²) >= 11 is 2.15. The van der Waals surface area contributed by atoms with E-state index in [9.17, 15) is 5.11 Å². The third kappa shape index (κ3) is 10.3. The Bertz CT molecular complexity index is 1240. The van der Waals surface area contributed by atoms with Crippen molar-refractivity contribution in [2.45, 2.75) is 68.6 Å². The summed E-state index contributed by atoms with van der Waals surface area (Å²) in [5.74, 6) is -0.411. The second-order valence-electron chi connectivity index (χ2n) is 8.88. The third-order valence-corrected chi connectivity index (χ3v) is 5.99. The molecule has 6 nitrogen and oxygen atoms in total. The SMILES string of the molecule is C.CI.Cc1ccc(-c2noc(C)c2C)c(C)c1.Cc1ccc(C2=NOC(C)(O)C2C)c(C)c1.O=S(Cl)Cl. The van der Waals surface area contributed by atoms with Crippen LogP contribution in [0.2, 0.25) is 0 Å². The van der Waals surface area contributed by atoms with Crippen LogP contribution in [-0.4, -0.2) is 30.9 Å². The van der Waals surface area contributed by atoms with Crippen molar-refractivity contribution >= 4 is 58.9 Å². The standard InChI is InChI=1S/C13H17NO2.C13H15NO.CH3I.CH4.Cl2OS/c1-8-5-6-11(9(2)7-8)12-10(3)13(4,15)16-14-12;1-8-5-6-12(9(2)7-8)13-10(3)11(4)15-14-13;1-2;;1-4(2)3/h5-7,10,15H,1-4H3;5-7H,1-4H3;1H3;1H4;. The van der Waals surface area contributed by atoms with E-state index in [1.807, 2.05) is 44.8 Å². The van der Waals surface area contributed by atoms with Crippen LogP contribution in [0.5, 0.6) is 0 Å². The molecule has 2 heterocycles. The van der Waals surface area contributed by atoms with E-state index in [0.717, 1.165) is 39.4 Å². The average molecular weight is 698 g/mol. The molecule has 4 rings (SSSR count). The number of halogens is 3. The van der Waals surface area contributed by atoms with Crippen molar-refractivity contribution in [2.75, 3.05) is 4.93 Å². The van der Waals surface area contributed by atoms with Gasteiger partial charge in [-0.25, -0.2) is 4.21 Å². The van der Waals surface area contributed by atoms with Crippen LogP contribution in [0.15, 0.2) is 46.1 Å². The van der Waals surface area contributed by atoms with Crippen LogP contribution in [0.25, 0.3) is 11.3 Å². The van der Waals surface area contributed by atoms with E-state index in [-0.39, 0.29) is 13.3 Å². The molecule has 2 unspecified atom stereocenters. The fraction of sp³-hybridized carbons (Fsp3) is 0.429. The van der Waals surface area contributed by atoms with E-state index in [1.165, 1.54) is 16.7 Å². The van der Waals surface area contributed by atoms with Gasteiger partial charge in [0.2, 0.25) is 15.0 Å². The Morgan fingerprint density at radius 3 is 1.74 bits per heavy atom. The Morgan fingerprint density at radius 2 is 1.39 bits per heavy atom. The van der Waals surface area contributed by atoms with E-state index < -0.39 is 15.0 Å². The third-order valence-electron chi connectivity index (χ3n) is 5.99. The van der Waals surface area contributed by atoms with Gasteiger partial charge in [0.05, 0.1) is 11.6 Å². The minimum Gasteiger partial charge on any atom is -0.361 e. The molecule has 0 aliphatic carbocycles. The van der Waals surface area contributed by atoms with Crippen molar-refractivity contribution in [1.82, 2.24) is 5.16 Å². The summed E-state index contributed by atoms with van der Waals surface area (Å²) in [5, 5.41) is 18.0. The molecular formula is C28H39Cl2IN2O4S. The van der Waals surface area contributed by atoms with Crippen molar-refractivity contribution in [3.8, 4) is 11.3 Å². The van der Waals surface area contributed by atoms with E-state index in [1.54, 1.807) is 6.92 Å². The van der Waals surface area contributed by atoms with Gasteiger partial charge in [-0.1, -0.05) is 94.8 Å². The molecule has 0 saturated heterocycles. The highest BCUT2D eigenvalue weighted by atomic mass is 127. The van der Waals surface area contributed by atoms with E-state index in [2.05, 4.69) is 99.3 Å². The van der Waals surface area contributed by atoms with Crippen LogP contribution in [0, 0.1) is 47.5 Å². The van der Waals surface area contributed by atoms with Crippen LogP contribution in [0.4, 0.5) is 0 Å². The maximum atomic E-state index is 9.90. The normalized spacial score (nSPS) is 17.4. The molecule has 38 heavy (non-hydrogen) atoms. The van der Waals surface area contributed by atoms with Gasteiger partial charge >= 0.3 is 0 Å². The summed E-state index contributed by atoms with van der Waals surface area (Å²) < 4.78 is 14.3. The molecule has 0 amide bonds. The predicted octanol–water partition coefficient (Wildman–Crippen LogP) is 8.69. The largest absolute Gasteiger partial charge is 0.361 e. The molecule has 0 radical (unpaired) electrons. The smallest absolute Gasteiger partial charge is 0.239 e. The van der Waals surface area contributed by atoms with Crippen molar-refractivity contribution in [3.05, 3.63) is 75.5 Å². The van der Waals surface area contributed by atoms with Crippen LogP contribution in [0.1, 0.15) is 60.4 Å². The molecule has 2 atom stereocenters. The second-order valence-corrected chi connectivity index (χ2v) is 11.4. The van der Waals surface area contributed by atoms with Gasteiger partial charge < -0.3 is 14.5 Å². The predicted molar refractivity (Wildman–Crippen MR) is 171 cm³/mol. The summed E-state index contributed by atoms with van der Waals surface area (Å²) in [4.78, 5) is 7.02. The Hall–Kier alpha value is -1.46. The molecule has 212 valence electrons. The molecule has 3 aromatic rings. The lowest BCUT2D eigenvalue weighted by atomic mass is 9.90. The first kappa shape index (κ1) is 36.5. The van der Waals surface area contributed by atoms with Crippen LogP contribution in [0.3, 0.4) is 0 Å². The van der Waals surface area contributed by atoms with Crippen molar-refractivity contribution in [2.24, 2.45) is 11.1 Å². The number of benzene rings is 2. The lowest BCUT2D eigenvalue weighted by Gasteiger charge is -2.20. The maximum Gasteiger partial charge on any atom is 0.239 e. The van der Waals surface area contributed by atoms with Crippen molar-refractivity contribution in [3.63, 3.8) is 0 Å². The minimum absolute atomic E-state index is 0. The molecule has 1 aliphatic rings. The van der Waals surface area contributed by atoms with E-state index in [0.29, 0.717) is 0 Å². The van der Waals surface area contributed by atoms with E-state index >= 15 is 0 Å². The summed E-state index contributed by atoms with van der Waals surface area (Å²) in [6.07, 6.45) is 0. The fourth-order valence-corrected chi connectivity index (χ4v) is 3.69. The zero-order chi connectivity index (χ0) is 28.5. The topological polar surface area (TPSA) is 84.9 Å². The van der Waals surface area contributed by atoms with Gasteiger partial charge in [-0.15, -0.1) is 0 Å². The van der Waals surface area contributed by atoms with Crippen LogP contribution < -0.4 is 0 Å². The number of oxime groups is 1. The number of aliphatic hydroxyl groups is 1. The molecule has 0 spiro atoms. The Kier molecular flexibility index (Phi) is 16.0. The Balaban J connectivity index is 0.000000586. The molecule has 0 fully saturated rings. The number of aromatic nitrogens is 1. The molecule has 2 aromatic carbocycles. The van der Waals surface area contributed by atoms with Gasteiger partial charge in [0.1, 0.15) is 11.5 Å². The monoisotopic (exact) mass is 696 g/mol. The lowest BCUT2D eigenvalue weighted by Crippen LogP contribution is -2.33. The summed E-state index contributed by atoms with van der Waals surface area (Å²) in [6, 6.07) is 12.6. The highest BCUT2D eigenvalue weighted by molar-refractivity contribution is 14.1. The first-order valence-electron chi connectivity index (χ1n) is 11.4. The van der Waals surface area contributed by atoms with Gasteiger partial charge in [0.15, 0.2) is 0 Å². The van der Waals surface area contributed by atoms with Gasteiger partial charge in [-0.3, -0.25) is 0 Å². The fourth-order valence-electron chi connectivity index (χ4n) is 3.69. The lowest BCUT2D eigenvalue weighted by molar-refractivity contribution is -0.190. The summed E-state index contributed by atoms with van der Waals surface area (Å²) in [6.45, 7) is 15.8. The van der Waals surface area contributed by atoms with Crippen molar-refractivity contribution in [1.29, 1.82) is 0 Å². The molecule has 10 heteroatoms. The molecule has 1 N–H and O–H groups in total. The molecule has 1 aromatic heterocycles. The second kappa shape index (κ2) is 16.6. The molecule has 0 saturated carbocycles. The van der Waals surface area contributed by atoms with Crippen LogP contribution in [-0.2, 0) is 14.1 Å². The number of nitrogens with zero attached hydrogens (tertiary/aromatic N) is 2. The van der Waals surface area contributed by atoms with Gasteiger partial charge in [0, 0.05) is 45.0 Å². The first-order chi connectivity index (χ1) is 17.2. The Morgan fingerprint density at radius 1 is 0.947 bits per heavy atom. The Labute approximate surface area is 252 Å². The van der Waals surface area contributed by atoms with Crippen LogP contribution >= 0.6 is 44.0 Å². The summed E-state index contributed by atoms with van der Waals surface area (Å²) in [5.41, 5.74) is 10.0. The number of aryl methyl sites for hydroxylation is 5. The number of rotatable bonds is 2. The number of alkyl halides is 1. The zero-order valence-corrected chi connectivity index (χ0v) is 27.1. The minimum atomic E-state index is -1.67. The number of hydrogen-bond donors (Lipinski definition) is 1. The molecular weight excluding hydrogens is 658 g/mol. The highest BCUT2D eigenvalue weighted by Gasteiger charge is 2.41. The van der Waals surface area contributed by atoms with Gasteiger partial charge in [-0.05, 0) is 57.6 Å². The first-order valence-corrected chi connectivity index (χ1v) is 16.4. The van der Waals surface area contributed by atoms with Gasteiger partial charge in [-0.2, -0.15) is 0 Å².